The van der Waals surface area contributed by atoms with Gasteiger partial charge in [-0.3, -0.25) is 4.79 Å². The van der Waals surface area contributed by atoms with Gasteiger partial charge in [-0.05, 0) is 13.8 Å². The Labute approximate surface area is 110 Å². The zero-order valence-corrected chi connectivity index (χ0v) is 11.1. The summed E-state index contributed by atoms with van der Waals surface area (Å²) in [5.74, 6) is -1.38. The smallest absolute Gasteiger partial charge is 0.326 e. The molecule has 2 rings (SSSR count). The Kier molecular flexibility index (Phi) is 3.32. The number of aromatic nitrogens is 2. The Hall–Kier alpha value is -1.89. The predicted molar refractivity (Wildman–Crippen MR) is 65.4 cm³/mol. The normalized spacial score (nSPS) is 19.1. The number of ether oxygens (including phenoxy) is 1. The van der Waals surface area contributed by atoms with E-state index in [0.717, 1.165) is 5.69 Å². The van der Waals surface area contributed by atoms with Crippen LogP contribution in [0.25, 0.3) is 0 Å². The number of nitrogens with one attached hydrogen (secondary N) is 1. The van der Waals surface area contributed by atoms with Crippen LogP contribution in [0.5, 0.6) is 0 Å². The van der Waals surface area contributed by atoms with E-state index in [1.807, 2.05) is 0 Å². The van der Waals surface area contributed by atoms with E-state index in [1.165, 1.54) is 18.3 Å². The Balaban J connectivity index is 2.33. The molecule has 0 bridgehead atoms. The van der Waals surface area contributed by atoms with E-state index < -0.39 is 17.6 Å². The van der Waals surface area contributed by atoms with Crippen LogP contribution in [-0.4, -0.2) is 50.6 Å². The van der Waals surface area contributed by atoms with Gasteiger partial charge in [0.2, 0.25) is 0 Å². The first-order valence-electron chi connectivity index (χ1n) is 5.97. The van der Waals surface area contributed by atoms with Crippen LogP contribution >= 0.6 is 0 Å². The van der Waals surface area contributed by atoms with E-state index in [1.54, 1.807) is 13.8 Å². The standard InChI is InChI=1S/C12H17N3O4/c1-12(2,19-3)11(18)15-5-8-7(13-6-14-8)4-9(15)10(16)17/h6,9H,4-5H2,1-3H3,(H,13,14)(H,16,17). The number of H-pyrrole nitrogens is 1. The maximum atomic E-state index is 12.4. The lowest BCUT2D eigenvalue weighted by atomic mass is 9.99. The maximum absolute atomic E-state index is 12.4. The Morgan fingerprint density at radius 2 is 2.26 bits per heavy atom. The third-order valence-corrected chi connectivity index (χ3v) is 3.47. The van der Waals surface area contributed by atoms with Gasteiger partial charge in [0.15, 0.2) is 0 Å². The predicted octanol–water partition coefficient (Wildman–Crippen LogP) is 0.173. The Morgan fingerprint density at radius 1 is 1.58 bits per heavy atom. The van der Waals surface area contributed by atoms with E-state index in [9.17, 15) is 14.7 Å². The number of fused-ring (bicyclic) bond motifs is 1. The Morgan fingerprint density at radius 3 is 2.84 bits per heavy atom. The molecule has 1 amide bonds. The molecule has 0 radical (unpaired) electrons. The number of hydrogen-bond acceptors (Lipinski definition) is 4. The van der Waals surface area contributed by atoms with Gasteiger partial charge in [-0.15, -0.1) is 0 Å². The molecule has 104 valence electrons. The van der Waals surface area contributed by atoms with Crippen LogP contribution < -0.4 is 0 Å². The van der Waals surface area contributed by atoms with Crippen LogP contribution in [0.2, 0.25) is 0 Å². The molecule has 1 aliphatic rings. The molecule has 0 saturated heterocycles. The number of hydrogen-bond donors (Lipinski definition) is 2. The average Bonchev–Trinajstić information content (AvgIpc) is 2.83. The molecule has 0 fully saturated rings. The summed E-state index contributed by atoms with van der Waals surface area (Å²) in [4.78, 5) is 32.1. The van der Waals surface area contributed by atoms with Gasteiger partial charge in [-0.1, -0.05) is 0 Å². The highest BCUT2D eigenvalue weighted by atomic mass is 16.5. The van der Waals surface area contributed by atoms with Crippen molar-refractivity contribution in [3.8, 4) is 0 Å². The summed E-state index contributed by atoms with van der Waals surface area (Å²) in [6, 6.07) is -0.905. The lowest BCUT2D eigenvalue weighted by Crippen LogP contribution is -2.55. The zero-order chi connectivity index (χ0) is 14.2. The van der Waals surface area contributed by atoms with Crippen molar-refractivity contribution in [1.82, 2.24) is 14.9 Å². The fourth-order valence-corrected chi connectivity index (χ4v) is 2.10. The van der Waals surface area contributed by atoms with Crippen LogP contribution in [0, 0.1) is 0 Å². The second-order valence-corrected chi connectivity index (χ2v) is 5.03. The van der Waals surface area contributed by atoms with Crippen molar-refractivity contribution in [3.63, 3.8) is 0 Å². The molecule has 7 heteroatoms. The summed E-state index contributed by atoms with van der Waals surface area (Å²) in [5.41, 5.74) is 0.426. The van der Waals surface area contributed by atoms with Crippen molar-refractivity contribution in [1.29, 1.82) is 0 Å². The molecule has 0 saturated carbocycles. The SMILES string of the molecule is COC(C)(C)C(=O)N1Cc2[nH]cnc2CC1C(=O)O. The first-order chi connectivity index (χ1) is 8.86. The van der Waals surface area contributed by atoms with Gasteiger partial charge in [-0.2, -0.15) is 0 Å². The minimum Gasteiger partial charge on any atom is -0.480 e. The van der Waals surface area contributed by atoms with Crippen LogP contribution in [0.3, 0.4) is 0 Å². The van der Waals surface area contributed by atoms with E-state index in [4.69, 9.17) is 4.74 Å². The number of carboxylic acid groups (broad SMARTS) is 1. The highest BCUT2D eigenvalue weighted by Gasteiger charge is 2.41. The van der Waals surface area contributed by atoms with Crippen molar-refractivity contribution < 1.29 is 19.4 Å². The van der Waals surface area contributed by atoms with Gasteiger partial charge in [0.1, 0.15) is 11.6 Å². The Bertz CT molecular complexity index is 509. The molecule has 0 spiro atoms. The molecule has 1 aromatic rings. The summed E-state index contributed by atoms with van der Waals surface area (Å²) in [5, 5.41) is 9.29. The summed E-state index contributed by atoms with van der Waals surface area (Å²) >= 11 is 0. The van der Waals surface area contributed by atoms with Crippen LogP contribution in [0.1, 0.15) is 25.2 Å². The first kappa shape index (κ1) is 13.5. The van der Waals surface area contributed by atoms with Crippen LogP contribution in [-0.2, 0) is 27.3 Å². The second-order valence-electron chi connectivity index (χ2n) is 5.03. The number of carbonyl (C=O) groups excluding carboxylic acids is 1. The van der Waals surface area contributed by atoms with Crippen LogP contribution in [0.4, 0.5) is 0 Å². The van der Waals surface area contributed by atoms with Crippen molar-refractivity contribution in [3.05, 3.63) is 17.7 Å². The van der Waals surface area contributed by atoms with E-state index in [-0.39, 0.29) is 18.9 Å². The number of rotatable bonds is 3. The maximum Gasteiger partial charge on any atom is 0.326 e. The lowest BCUT2D eigenvalue weighted by molar-refractivity contribution is -0.162. The molecule has 0 aromatic carbocycles. The van der Waals surface area contributed by atoms with E-state index in [0.29, 0.717) is 5.69 Å². The highest BCUT2D eigenvalue weighted by Crippen LogP contribution is 2.24. The topological polar surface area (TPSA) is 95.5 Å². The summed E-state index contributed by atoms with van der Waals surface area (Å²) in [6.45, 7) is 3.45. The van der Waals surface area contributed by atoms with Crippen LogP contribution in [0.15, 0.2) is 6.33 Å². The third kappa shape index (κ3) is 2.33. The van der Waals surface area contributed by atoms with E-state index >= 15 is 0 Å². The fourth-order valence-electron chi connectivity index (χ4n) is 2.10. The molecule has 1 aliphatic heterocycles. The summed E-state index contributed by atoms with van der Waals surface area (Å²) < 4.78 is 5.14. The van der Waals surface area contributed by atoms with Gasteiger partial charge in [0.05, 0.1) is 24.3 Å². The molecule has 1 unspecified atom stereocenters. The lowest BCUT2D eigenvalue weighted by Gasteiger charge is -2.37. The minimum atomic E-state index is -1.05. The number of aromatic amines is 1. The number of aliphatic carboxylic acids is 1. The van der Waals surface area contributed by atoms with Gasteiger partial charge >= 0.3 is 5.97 Å². The summed E-state index contributed by atoms with van der Waals surface area (Å²) in [7, 11) is 1.43. The van der Waals surface area contributed by atoms with Gasteiger partial charge < -0.3 is 19.7 Å². The number of methoxy groups -OCH3 is 1. The van der Waals surface area contributed by atoms with Crippen molar-refractivity contribution in [2.75, 3.05) is 7.11 Å². The van der Waals surface area contributed by atoms with Crippen molar-refractivity contribution in [2.45, 2.75) is 38.5 Å². The molecule has 19 heavy (non-hydrogen) atoms. The molecule has 2 heterocycles. The molecule has 1 aromatic heterocycles. The molecule has 1 atom stereocenters. The number of nitrogens with zero attached hydrogens (tertiary/aromatic N) is 2. The third-order valence-electron chi connectivity index (χ3n) is 3.47. The average molecular weight is 267 g/mol. The first-order valence-corrected chi connectivity index (χ1v) is 5.97. The zero-order valence-electron chi connectivity index (χ0n) is 11.1. The fraction of sp³-hybridized carbons (Fsp3) is 0.583. The largest absolute Gasteiger partial charge is 0.480 e. The molecule has 7 nitrogen and oxygen atoms in total. The number of imidazole rings is 1. The van der Waals surface area contributed by atoms with E-state index in [2.05, 4.69) is 9.97 Å². The number of amides is 1. The minimum absolute atomic E-state index is 0.206. The number of carboxylic acids is 1. The van der Waals surface area contributed by atoms with Gasteiger partial charge in [-0.25, -0.2) is 9.78 Å². The molecule has 0 aliphatic carbocycles. The van der Waals surface area contributed by atoms with Crippen molar-refractivity contribution in [2.24, 2.45) is 0 Å². The van der Waals surface area contributed by atoms with Gasteiger partial charge in [0, 0.05) is 13.5 Å². The summed E-state index contributed by atoms with van der Waals surface area (Å²) in [6.07, 6.45) is 1.72. The quantitative estimate of drug-likeness (QED) is 0.814. The second kappa shape index (κ2) is 4.65. The molecular formula is C12H17N3O4. The monoisotopic (exact) mass is 267 g/mol. The number of carbonyl (C=O) groups is 2. The van der Waals surface area contributed by atoms with Gasteiger partial charge in [0.25, 0.3) is 5.91 Å². The molecule has 2 N–H and O–H groups in total. The molecular weight excluding hydrogens is 250 g/mol. The van der Waals surface area contributed by atoms with Crippen molar-refractivity contribution >= 4 is 11.9 Å². The highest BCUT2D eigenvalue weighted by molar-refractivity contribution is 5.89.